The first-order valence-electron chi connectivity index (χ1n) is 11.4. The minimum Gasteiger partial charge on any atom is -0.469 e. The standard InChI is InChI=1S/C24H31N3O5/c1-3-27-21(29)14-19(23(31)32-2)24(27)9-11-25(12-10-24)22(30)16-26-15-18(13-20(26)28)17-7-5-4-6-8-17/h4-8,18-19H,3,9-16H2,1-2H3. The Kier molecular flexibility index (Phi) is 6.22. The van der Waals surface area contributed by atoms with Gasteiger partial charge in [-0.2, -0.15) is 0 Å². The maximum absolute atomic E-state index is 13.0. The van der Waals surface area contributed by atoms with Crippen molar-refractivity contribution in [2.75, 3.05) is 39.8 Å². The molecule has 0 N–H and O–H groups in total. The molecule has 3 heterocycles. The van der Waals surface area contributed by atoms with Crippen LogP contribution >= 0.6 is 0 Å². The van der Waals surface area contributed by atoms with E-state index >= 15 is 0 Å². The van der Waals surface area contributed by atoms with Crippen molar-refractivity contribution in [3.05, 3.63) is 35.9 Å². The van der Waals surface area contributed by atoms with Crippen molar-refractivity contribution >= 4 is 23.7 Å². The number of hydrogen-bond acceptors (Lipinski definition) is 5. The molecule has 1 aromatic rings. The van der Waals surface area contributed by atoms with Crippen LogP contribution in [0.25, 0.3) is 0 Å². The number of likely N-dealkylation sites (tertiary alicyclic amines) is 3. The SMILES string of the molecule is CCN1C(=O)CC(C(=O)OC)C12CCN(C(=O)CN1CC(c3ccccc3)CC1=O)CC2. The number of carbonyl (C=O) groups is 4. The largest absolute Gasteiger partial charge is 0.469 e. The lowest BCUT2D eigenvalue weighted by Crippen LogP contribution is -2.58. The summed E-state index contributed by atoms with van der Waals surface area (Å²) in [6.45, 7) is 3.99. The highest BCUT2D eigenvalue weighted by Gasteiger charge is 2.56. The van der Waals surface area contributed by atoms with Crippen molar-refractivity contribution in [1.29, 1.82) is 0 Å². The first kappa shape index (κ1) is 22.3. The first-order valence-corrected chi connectivity index (χ1v) is 11.4. The normalized spacial score (nSPS) is 25.0. The van der Waals surface area contributed by atoms with Gasteiger partial charge < -0.3 is 19.4 Å². The summed E-state index contributed by atoms with van der Waals surface area (Å²) >= 11 is 0. The van der Waals surface area contributed by atoms with Crippen molar-refractivity contribution < 1.29 is 23.9 Å². The van der Waals surface area contributed by atoms with Gasteiger partial charge in [0.25, 0.3) is 0 Å². The summed E-state index contributed by atoms with van der Waals surface area (Å²) in [7, 11) is 1.35. The number of nitrogens with zero attached hydrogens (tertiary/aromatic N) is 3. The number of hydrogen-bond donors (Lipinski definition) is 0. The van der Waals surface area contributed by atoms with E-state index in [1.165, 1.54) is 7.11 Å². The third-order valence-corrected chi connectivity index (χ3v) is 7.46. The van der Waals surface area contributed by atoms with Crippen molar-refractivity contribution in [3.63, 3.8) is 0 Å². The van der Waals surface area contributed by atoms with Gasteiger partial charge in [-0.1, -0.05) is 30.3 Å². The molecule has 8 nitrogen and oxygen atoms in total. The van der Waals surface area contributed by atoms with Crippen molar-refractivity contribution in [2.24, 2.45) is 5.92 Å². The quantitative estimate of drug-likeness (QED) is 0.645. The van der Waals surface area contributed by atoms with Crippen LogP contribution in [0.4, 0.5) is 0 Å². The summed E-state index contributed by atoms with van der Waals surface area (Å²) in [6.07, 6.45) is 1.67. The van der Waals surface area contributed by atoms with E-state index in [0.717, 1.165) is 5.56 Å². The molecule has 172 valence electrons. The minimum atomic E-state index is -0.586. The van der Waals surface area contributed by atoms with E-state index in [2.05, 4.69) is 0 Å². The molecule has 3 aliphatic heterocycles. The van der Waals surface area contributed by atoms with Crippen LogP contribution in [0.15, 0.2) is 30.3 Å². The van der Waals surface area contributed by atoms with Gasteiger partial charge in [-0.15, -0.1) is 0 Å². The fourth-order valence-corrected chi connectivity index (χ4v) is 5.75. The maximum atomic E-state index is 13.0. The molecule has 32 heavy (non-hydrogen) atoms. The average Bonchev–Trinajstić information content (AvgIpc) is 3.30. The van der Waals surface area contributed by atoms with Crippen molar-refractivity contribution in [1.82, 2.24) is 14.7 Å². The van der Waals surface area contributed by atoms with Crippen LogP contribution in [-0.4, -0.2) is 83.8 Å². The van der Waals surface area contributed by atoms with E-state index in [9.17, 15) is 19.2 Å². The zero-order chi connectivity index (χ0) is 22.9. The summed E-state index contributed by atoms with van der Waals surface area (Å²) in [4.78, 5) is 55.6. The predicted octanol–water partition coefficient (Wildman–Crippen LogP) is 1.41. The molecule has 1 aromatic carbocycles. The highest BCUT2D eigenvalue weighted by atomic mass is 16.5. The molecule has 0 aliphatic carbocycles. The highest BCUT2D eigenvalue weighted by Crippen LogP contribution is 2.44. The Morgan fingerprint density at radius 2 is 1.75 bits per heavy atom. The number of piperidine rings is 1. The summed E-state index contributed by atoms with van der Waals surface area (Å²) in [5.41, 5.74) is 0.535. The second-order valence-corrected chi connectivity index (χ2v) is 8.99. The molecule has 3 aliphatic rings. The molecular formula is C24H31N3O5. The van der Waals surface area contributed by atoms with Gasteiger partial charge in [0.2, 0.25) is 17.7 Å². The van der Waals surface area contributed by atoms with Crippen LogP contribution in [0.1, 0.15) is 44.1 Å². The fraction of sp³-hybridized carbons (Fsp3) is 0.583. The topological polar surface area (TPSA) is 87.2 Å². The van der Waals surface area contributed by atoms with Gasteiger partial charge in [0.15, 0.2) is 0 Å². The highest BCUT2D eigenvalue weighted by molar-refractivity contribution is 5.89. The van der Waals surface area contributed by atoms with Gasteiger partial charge in [0, 0.05) is 44.9 Å². The van der Waals surface area contributed by atoms with E-state index < -0.39 is 11.5 Å². The molecular weight excluding hydrogens is 410 g/mol. The fourth-order valence-electron chi connectivity index (χ4n) is 5.75. The third kappa shape index (κ3) is 3.87. The molecule has 2 atom stereocenters. The molecule has 8 heteroatoms. The molecule has 0 aromatic heterocycles. The Balaban J connectivity index is 1.39. The smallest absolute Gasteiger partial charge is 0.311 e. The number of carbonyl (C=O) groups excluding carboxylic acids is 4. The molecule has 3 amide bonds. The van der Waals surface area contributed by atoms with Crippen LogP contribution in [0, 0.1) is 5.92 Å². The molecule has 1 spiro atoms. The van der Waals surface area contributed by atoms with Crippen LogP contribution in [0.3, 0.4) is 0 Å². The maximum Gasteiger partial charge on any atom is 0.311 e. The summed E-state index contributed by atoms with van der Waals surface area (Å²) < 4.78 is 4.98. The van der Waals surface area contributed by atoms with Crippen molar-refractivity contribution in [3.8, 4) is 0 Å². The summed E-state index contributed by atoms with van der Waals surface area (Å²) in [5.74, 6) is -0.844. The Morgan fingerprint density at radius 3 is 2.38 bits per heavy atom. The lowest BCUT2D eigenvalue weighted by molar-refractivity contribution is -0.151. The van der Waals surface area contributed by atoms with Gasteiger partial charge >= 0.3 is 5.97 Å². The number of rotatable bonds is 5. The van der Waals surface area contributed by atoms with Gasteiger partial charge in [0.05, 0.1) is 25.1 Å². The van der Waals surface area contributed by atoms with Crippen LogP contribution in [-0.2, 0) is 23.9 Å². The minimum absolute atomic E-state index is 0.00462. The second-order valence-electron chi connectivity index (χ2n) is 8.99. The molecule has 2 unspecified atom stereocenters. The number of benzene rings is 1. The average molecular weight is 442 g/mol. The molecule has 3 fully saturated rings. The molecule has 0 bridgehead atoms. The number of methoxy groups -OCH3 is 1. The van der Waals surface area contributed by atoms with Gasteiger partial charge in [0.1, 0.15) is 0 Å². The zero-order valence-electron chi connectivity index (χ0n) is 18.8. The van der Waals surface area contributed by atoms with Crippen LogP contribution in [0.2, 0.25) is 0 Å². The van der Waals surface area contributed by atoms with Crippen LogP contribution < -0.4 is 0 Å². The van der Waals surface area contributed by atoms with Gasteiger partial charge in [-0.25, -0.2) is 0 Å². The first-order chi connectivity index (χ1) is 15.4. The summed E-state index contributed by atoms with van der Waals surface area (Å²) in [6, 6.07) is 9.92. The van der Waals surface area contributed by atoms with Gasteiger partial charge in [-0.05, 0) is 25.3 Å². The zero-order valence-corrected chi connectivity index (χ0v) is 18.8. The lowest BCUT2D eigenvalue weighted by atomic mass is 9.76. The van der Waals surface area contributed by atoms with Crippen molar-refractivity contribution in [2.45, 2.75) is 44.1 Å². The molecule has 0 radical (unpaired) electrons. The lowest BCUT2D eigenvalue weighted by Gasteiger charge is -2.47. The van der Waals surface area contributed by atoms with E-state index in [1.54, 1.807) is 14.7 Å². The third-order valence-electron chi connectivity index (χ3n) is 7.46. The Bertz CT molecular complexity index is 892. The Hall–Kier alpha value is -2.90. The molecule has 4 rings (SSSR count). The number of ether oxygens (including phenoxy) is 1. The Morgan fingerprint density at radius 1 is 1.06 bits per heavy atom. The monoisotopic (exact) mass is 441 g/mol. The van der Waals surface area contributed by atoms with E-state index in [-0.39, 0.29) is 42.6 Å². The second kappa shape index (κ2) is 8.92. The Labute approximate surface area is 188 Å². The number of amides is 3. The predicted molar refractivity (Wildman–Crippen MR) is 116 cm³/mol. The molecule has 3 saturated heterocycles. The van der Waals surface area contributed by atoms with E-state index in [0.29, 0.717) is 45.4 Å². The molecule has 0 saturated carbocycles. The van der Waals surface area contributed by atoms with Gasteiger partial charge in [-0.3, -0.25) is 19.2 Å². The number of esters is 1. The van der Waals surface area contributed by atoms with E-state index in [4.69, 9.17) is 4.74 Å². The summed E-state index contributed by atoms with van der Waals surface area (Å²) in [5, 5.41) is 0. The van der Waals surface area contributed by atoms with Crippen LogP contribution in [0.5, 0.6) is 0 Å². The van der Waals surface area contributed by atoms with E-state index in [1.807, 2.05) is 37.3 Å².